The van der Waals surface area contributed by atoms with E-state index in [-0.39, 0.29) is 36.4 Å². The van der Waals surface area contributed by atoms with Crippen molar-refractivity contribution in [3.05, 3.63) is 71.3 Å². The van der Waals surface area contributed by atoms with Gasteiger partial charge in [0.1, 0.15) is 17.7 Å². The van der Waals surface area contributed by atoms with Crippen molar-refractivity contribution in [3.63, 3.8) is 0 Å². The average molecular weight is 573 g/mol. The second kappa shape index (κ2) is 15.0. The first-order valence-corrected chi connectivity index (χ1v) is 14.3. The smallest absolute Gasteiger partial charge is 0.242 e. The molecule has 8 nitrogen and oxygen atoms in total. The van der Waals surface area contributed by atoms with Crippen LogP contribution in [0.5, 0.6) is 0 Å². The number of carbonyl (C=O) groups is 3. The first-order chi connectivity index (χ1) is 19.5. The minimum Gasteiger partial charge on any atom is -0.389 e. The molecule has 3 N–H and O–H groups in total. The molecule has 0 aromatic heterocycles. The molecular formula is C31H42F2N4O4. The van der Waals surface area contributed by atoms with Crippen LogP contribution in [0.1, 0.15) is 51.7 Å². The number of aliphatic hydroxyl groups is 1. The second-order valence-electron chi connectivity index (χ2n) is 10.8. The van der Waals surface area contributed by atoms with Gasteiger partial charge in [0, 0.05) is 44.7 Å². The maximum absolute atomic E-state index is 14.0. The zero-order chi connectivity index (χ0) is 30.1. The van der Waals surface area contributed by atoms with Crippen LogP contribution >= 0.6 is 0 Å². The highest BCUT2D eigenvalue weighted by atomic mass is 19.1. The van der Waals surface area contributed by atoms with Crippen LogP contribution in [-0.2, 0) is 27.3 Å². The summed E-state index contributed by atoms with van der Waals surface area (Å²) >= 11 is 0. The van der Waals surface area contributed by atoms with Gasteiger partial charge in [0.05, 0.1) is 18.1 Å². The number of halogens is 2. The Hall–Kier alpha value is -3.37. The van der Waals surface area contributed by atoms with Gasteiger partial charge in [-0.2, -0.15) is 0 Å². The van der Waals surface area contributed by atoms with Gasteiger partial charge < -0.3 is 25.5 Å². The molecule has 3 rings (SSSR count). The number of benzene rings is 2. The Labute approximate surface area is 241 Å². The maximum atomic E-state index is 14.0. The van der Waals surface area contributed by atoms with Gasteiger partial charge in [0.25, 0.3) is 0 Å². The number of rotatable bonds is 13. The molecule has 10 heteroatoms. The lowest BCUT2D eigenvalue weighted by Gasteiger charge is -2.38. The summed E-state index contributed by atoms with van der Waals surface area (Å²) in [5.74, 6) is -3.04. The standard InChI is InChI=1S/C31H42F2N4O4/c1-5-21(4)37(27(38)6-2)18-20(3)30(40)35-26(16-23-14-24(32)17-25(33)15-23)29(39)28-31(41)36(13-12-34-28)19-22-10-8-7-9-11-22/h7-11,14-15,17,20-21,26,28-29,34,39H,5-6,12-13,16,18-19H2,1-4H3,(H,35,40). The Morgan fingerprint density at radius 2 is 1.76 bits per heavy atom. The molecule has 0 radical (unpaired) electrons. The number of amides is 3. The molecule has 0 aliphatic carbocycles. The van der Waals surface area contributed by atoms with E-state index in [2.05, 4.69) is 10.6 Å². The first kappa shape index (κ1) is 32.1. The van der Waals surface area contributed by atoms with E-state index in [1.807, 2.05) is 44.2 Å². The molecule has 2 aromatic rings. The quantitative estimate of drug-likeness (QED) is 0.343. The number of hydrogen-bond donors (Lipinski definition) is 3. The van der Waals surface area contributed by atoms with Crippen molar-refractivity contribution < 1.29 is 28.3 Å². The molecule has 224 valence electrons. The molecular weight excluding hydrogens is 530 g/mol. The van der Waals surface area contributed by atoms with Crippen molar-refractivity contribution in [1.29, 1.82) is 0 Å². The molecule has 2 aromatic carbocycles. The van der Waals surface area contributed by atoms with Crippen LogP contribution in [0.25, 0.3) is 0 Å². The van der Waals surface area contributed by atoms with Gasteiger partial charge in [0.15, 0.2) is 0 Å². The minimum absolute atomic E-state index is 0.0611. The van der Waals surface area contributed by atoms with Gasteiger partial charge in [-0.15, -0.1) is 0 Å². The lowest BCUT2D eigenvalue weighted by Crippen LogP contribution is -2.64. The van der Waals surface area contributed by atoms with Crippen LogP contribution in [0.3, 0.4) is 0 Å². The van der Waals surface area contributed by atoms with Gasteiger partial charge in [-0.05, 0) is 43.0 Å². The SMILES string of the molecule is CCC(=O)N(CC(C)C(=O)NC(Cc1cc(F)cc(F)c1)C(O)C1NCCN(Cc2ccccc2)C1=O)C(C)CC. The van der Waals surface area contributed by atoms with E-state index < -0.39 is 41.6 Å². The Bertz CT molecular complexity index is 1160. The zero-order valence-corrected chi connectivity index (χ0v) is 24.3. The maximum Gasteiger partial charge on any atom is 0.242 e. The van der Waals surface area contributed by atoms with Crippen LogP contribution in [0, 0.1) is 17.6 Å². The third kappa shape index (κ3) is 8.81. The molecule has 1 heterocycles. The highest BCUT2D eigenvalue weighted by Gasteiger charge is 2.39. The van der Waals surface area contributed by atoms with Crippen molar-refractivity contribution in [2.24, 2.45) is 5.92 Å². The summed E-state index contributed by atoms with van der Waals surface area (Å²) in [6, 6.07) is 10.4. The molecule has 1 fully saturated rings. The predicted octanol–water partition coefficient (Wildman–Crippen LogP) is 3.03. The molecule has 0 spiro atoms. The van der Waals surface area contributed by atoms with Crippen LogP contribution in [0.2, 0.25) is 0 Å². The molecule has 1 saturated heterocycles. The van der Waals surface area contributed by atoms with E-state index in [0.29, 0.717) is 26.1 Å². The monoisotopic (exact) mass is 572 g/mol. The van der Waals surface area contributed by atoms with Crippen LogP contribution in [0.15, 0.2) is 48.5 Å². The van der Waals surface area contributed by atoms with Crippen LogP contribution < -0.4 is 10.6 Å². The number of nitrogens with one attached hydrogen (secondary N) is 2. The zero-order valence-electron chi connectivity index (χ0n) is 24.3. The summed E-state index contributed by atoms with van der Waals surface area (Å²) in [6.07, 6.45) is -0.477. The first-order valence-electron chi connectivity index (χ1n) is 14.3. The lowest BCUT2D eigenvalue weighted by atomic mass is 9.93. The molecule has 0 saturated carbocycles. The average Bonchev–Trinajstić information content (AvgIpc) is 2.95. The van der Waals surface area contributed by atoms with Crippen molar-refractivity contribution in [1.82, 2.24) is 20.4 Å². The minimum atomic E-state index is -1.40. The molecule has 1 aliphatic heterocycles. The highest BCUT2D eigenvalue weighted by Crippen LogP contribution is 2.18. The molecule has 5 unspecified atom stereocenters. The topological polar surface area (TPSA) is 102 Å². The van der Waals surface area contributed by atoms with E-state index in [0.717, 1.165) is 30.2 Å². The lowest BCUT2D eigenvalue weighted by molar-refractivity contribution is -0.142. The third-order valence-corrected chi connectivity index (χ3v) is 7.66. The van der Waals surface area contributed by atoms with Gasteiger partial charge >= 0.3 is 0 Å². The molecule has 41 heavy (non-hydrogen) atoms. The van der Waals surface area contributed by atoms with Crippen molar-refractivity contribution in [2.75, 3.05) is 19.6 Å². The summed E-state index contributed by atoms with van der Waals surface area (Å²) in [5, 5.41) is 17.4. The number of hydrogen-bond acceptors (Lipinski definition) is 5. The molecule has 0 bridgehead atoms. The Kier molecular flexibility index (Phi) is 11.8. The van der Waals surface area contributed by atoms with E-state index in [4.69, 9.17) is 0 Å². The van der Waals surface area contributed by atoms with E-state index in [1.54, 1.807) is 23.6 Å². The number of aliphatic hydroxyl groups excluding tert-OH is 1. The molecule has 3 amide bonds. The van der Waals surface area contributed by atoms with E-state index in [1.165, 1.54) is 0 Å². The van der Waals surface area contributed by atoms with Gasteiger partial charge in [-0.1, -0.05) is 51.1 Å². The summed E-state index contributed by atoms with van der Waals surface area (Å²) < 4.78 is 28.0. The van der Waals surface area contributed by atoms with Gasteiger partial charge in [0.2, 0.25) is 17.7 Å². The fourth-order valence-corrected chi connectivity index (χ4v) is 5.10. The normalized spacial score (nSPS) is 18.4. The Balaban J connectivity index is 1.82. The fraction of sp³-hybridized carbons (Fsp3) is 0.516. The summed E-state index contributed by atoms with van der Waals surface area (Å²) in [5.41, 5.74) is 1.17. The van der Waals surface area contributed by atoms with Crippen molar-refractivity contribution in [2.45, 2.75) is 77.7 Å². The predicted molar refractivity (Wildman–Crippen MR) is 153 cm³/mol. The van der Waals surface area contributed by atoms with Crippen LogP contribution in [-0.4, -0.2) is 76.5 Å². The number of piperazine rings is 1. The molecule has 1 aliphatic rings. The van der Waals surface area contributed by atoms with Crippen molar-refractivity contribution in [3.8, 4) is 0 Å². The van der Waals surface area contributed by atoms with Crippen molar-refractivity contribution >= 4 is 17.7 Å². The van der Waals surface area contributed by atoms with Crippen LogP contribution in [0.4, 0.5) is 8.78 Å². The Morgan fingerprint density at radius 1 is 1.10 bits per heavy atom. The second-order valence-corrected chi connectivity index (χ2v) is 10.8. The highest BCUT2D eigenvalue weighted by molar-refractivity contribution is 5.84. The van der Waals surface area contributed by atoms with Gasteiger partial charge in [-0.25, -0.2) is 8.78 Å². The number of nitrogens with zero attached hydrogens (tertiary/aromatic N) is 2. The summed E-state index contributed by atoms with van der Waals surface area (Å²) in [7, 11) is 0. The summed E-state index contributed by atoms with van der Waals surface area (Å²) in [4.78, 5) is 42.7. The number of carbonyl (C=O) groups excluding carboxylic acids is 3. The third-order valence-electron chi connectivity index (χ3n) is 7.66. The van der Waals surface area contributed by atoms with E-state index in [9.17, 15) is 28.3 Å². The van der Waals surface area contributed by atoms with E-state index >= 15 is 0 Å². The van der Waals surface area contributed by atoms with Gasteiger partial charge in [-0.3, -0.25) is 14.4 Å². The largest absolute Gasteiger partial charge is 0.389 e. The fourth-order valence-electron chi connectivity index (χ4n) is 5.10. The summed E-state index contributed by atoms with van der Waals surface area (Å²) in [6.45, 7) is 8.75. The Morgan fingerprint density at radius 3 is 2.37 bits per heavy atom. The molecule has 5 atom stereocenters.